The van der Waals surface area contributed by atoms with Crippen molar-refractivity contribution in [2.24, 2.45) is 17.2 Å². The van der Waals surface area contributed by atoms with E-state index in [4.69, 9.17) is 22.3 Å². The SMILES string of the molecule is N.NCCCCO.NCCCN.c1cc2ccc1-2. The van der Waals surface area contributed by atoms with Crippen LogP contribution in [0.3, 0.4) is 0 Å². The molecule has 0 aliphatic heterocycles. The van der Waals surface area contributed by atoms with Gasteiger partial charge >= 0.3 is 0 Å². The highest BCUT2D eigenvalue weighted by atomic mass is 16.2. The molecule has 0 fully saturated rings. The molecule has 0 saturated heterocycles. The first-order chi connectivity index (χ1) is 8.29. The third kappa shape index (κ3) is 9.09. The number of rotatable bonds is 5. The summed E-state index contributed by atoms with van der Waals surface area (Å²) in [5.41, 5.74) is 18.1. The van der Waals surface area contributed by atoms with Gasteiger partial charge in [-0.15, -0.1) is 0 Å². The lowest BCUT2D eigenvalue weighted by atomic mass is 9.95. The molecule has 0 radical (unpaired) electrons. The molecule has 0 saturated carbocycles. The molecule has 5 nitrogen and oxygen atoms in total. The quantitative estimate of drug-likeness (QED) is 0.505. The van der Waals surface area contributed by atoms with Gasteiger partial charge in [0.25, 0.3) is 0 Å². The Labute approximate surface area is 110 Å². The van der Waals surface area contributed by atoms with Gasteiger partial charge in [0.1, 0.15) is 0 Å². The standard InChI is InChI=1S/C6H4.C4H11NO.C3H10N2.H3N/c1-2-6-4-3-5(1)6;5-3-1-2-4-6;4-2-1-3-5;/h1-4H;6H,1-5H2;1-5H2;1H3. The van der Waals surface area contributed by atoms with Crippen LogP contribution in [0.2, 0.25) is 0 Å². The molecule has 0 heterocycles. The Kier molecular flexibility index (Phi) is 15.1. The van der Waals surface area contributed by atoms with Gasteiger partial charge in [-0.2, -0.15) is 0 Å². The summed E-state index contributed by atoms with van der Waals surface area (Å²) < 4.78 is 0. The van der Waals surface area contributed by atoms with Crippen LogP contribution in [0.1, 0.15) is 19.3 Å². The van der Waals surface area contributed by atoms with Crippen molar-refractivity contribution in [1.29, 1.82) is 0 Å². The number of aliphatic hydroxyl groups is 1. The molecule has 0 spiro atoms. The molecule has 106 valence electrons. The van der Waals surface area contributed by atoms with Crippen molar-refractivity contribution in [2.75, 3.05) is 26.2 Å². The summed E-state index contributed by atoms with van der Waals surface area (Å²) >= 11 is 0. The molecular weight excluding hydrogens is 228 g/mol. The number of fused-ring (bicyclic) bond motifs is 1. The van der Waals surface area contributed by atoms with Gasteiger partial charge in [0.05, 0.1) is 0 Å². The van der Waals surface area contributed by atoms with Crippen molar-refractivity contribution in [3.63, 3.8) is 0 Å². The molecule has 0 bridgehead atoms. The lowest BCUT2D eigenvalue weighted by molar-refractivity contribution is 0.285. The lowest BCUT2D eigenvalue weighted by Crippen LogP contribution is -2.06. The van der Waals surface area contributed by atoms with Crippen LogP contribution in [0.25, 0.3) is 11.1 Å². The molecule has 0 amide bonds. The zero-order chi connectivity index (χ0) is 12.9. The topological polar surface area (TPSA) is 133 Å². The Balaban J connectivity index is 0. The number of aliphatic hydroxyl groups excluding tert-OH is 1. The number of hydrogen-bond donors (Lipinski definition) is 5. The van der Waals surface area contributed by atoms with Gasteiger partial charge in [0.2, 0.25) is 0 Å². The third-order valence-corrected chi connectivity index (χ3v) is 2.24. The van der Waals surface area contributed by atoms with Crippen LogP contribution >= 0.6 is 0 Å². The molecule has 0 aromatic rings. The van der Waals surface area contributed by atoms with Gasteiger partial charge in [0.15, 0.2) is 0 Å². The largest absolute Gasteiger partial charge is 0.396 e. The maximum absolute atomic E-state index is 8.14. The highest BCUT2D eigenvalue weighted by molar-refractivity contribution is 5.75. The van der Waals surface area contributed by atoms with Crippen molar-refractivity contribution >= 4 is 0 Å². The maximum atomic E-state index is 8.14. The van der Waals surface area contributed by atoms with E-state index >= 15 is 0 Å². The Morgan fingerprint density at radius 2 is 1.11 bits per heavy atom. The Hall–Kier alpha value is -0.980. The van der Waals surface area contributed by atoms with E-state index in [2.05, 4.69) is 24.3 Å². The van der Waals surface area contributed by atoms with Gasteiger partial charge < -0.3 is 28.5 Å². The molecule has 10 N–H and O–H groups in total. The minimum absolute atomic E-state index is 0. The lowest BCUT2D eigenvalue weighted by Gasteiger charge is -2.10. The molecule has 2 aliphatic carbocycles. The normalized spacial score (nSPS) is 9.11. The smallest absolute Gasteiger partial charge is 0.0431 e. The van der Waals surface area contributed by atoms with Crippen molar-refractivity contribution in [3.8, 4) is 11.1 Å². The first kappa shape index (κ1) is 19.4. The zero-order valence-electron chi connectivity index (χ0n) is 11.1. The second-order valence-electron chi connectivity index (χ2n) is 3.73. The van der Waals surface area contributed by atoms with E-state index in [1.807, 2.05) is 0 Å². The maximum Gasteiger partial charge on any atom is 0.0431 e. The molecule has 0 aromatic heterocycles. The number of hydrogen-bond acceptors (Lipinski definition) is 5. The van der Waals surface area contributed by atoms with Gasteiger partial charge in [0, 0.05) is 6.61 Å². The first-order valence-electron chi connectivity index (χ1n) is 6.11. The zero-order valence-corrected chi connectivity index (χ0v) is 11.1. The number of nitrogens with two attached hydrogens (primary N) is 3. The van der Waals surface area contributed by atoms with Crippen LogP contribution in [0.5, 0.6) is 0 Å². The van der Waals surface area contributed by atoms with Crippen molar-refractivity contribution < 1.29 is 5.11 Å². The summed E-state index contributed by atoms with van der Waals surface area (Å²) in [6, 6.07) is 8.48. The molecule has 2 rings (SSSR count). The summed E-state index contributed by atoms with van der Waals surface area (Å²) in [5.74, 6) is 0. The van der Waals surface area contributed by atoms with Crippen LogP contribution in [0.4, 0.5) is 0 Å². The summed E-state index contributed by atoms with van der Waals surface area (Å²) in [5, 5.41) is 8.14. The summed E-state index contributed by atoms with van der Waals surface area (Å²) in [7, 11) is 0. The highest BCUT2D eigenvalue weighted by Crippen LogP contribution is 2.29. The molecule has 0 atom stereocenters. The van der Waals surface area contributed by atoms with Crippen LogP contribution in [-0.4, -0.2) is 31.3 Å². The molecule has 5 heteroatoms. The fourth-order valence-corrected chi connectivity index (χ4v) is 1.04. The Bertz CT molecular complexity index is 237. The highest BCUT2D eigenvalue weighted by Gasteiger charge is 2.03. The average Bonchev–Trinajstić information content (AvgIpc) is 2.33. The minimum Gasteiger partial charge on any atom is -0.396 e. The van der Waals surface area contributed by atoms with Crippen molar-refractivity contribution in [2.45, 2.75) is 19.3 Å². The number of benzene rings is 1. The molecular formula is C13H28N4O. The van der Waals surface area contributed by atoms with Crippen LogP contribution < -0.4 is 23.4 Å². The fraction of sp³-hybridized carbons (Fsp3) is 0.538. The van der Waals surface area contributed by atoms with Crippen LogP contribution in [0, 0.1) is 0 Å². The van der Waals surface area contributed by atoms with Gasteiger partial charge in [-0.3, -0.25) is 0 Å². The van der Waals surface area contributed by atoms with Crippen LogP contribution in [0.15, 0.2) is 24.3 Å². The number of unbranched alkanes of at least 4 members (excludes halogenated alkanes) is 1. The second kappa shape index (κ2) is 14.1. The van der Waals surface area contributed by atoms with E-state index < -0.39 is 0 Å². The molecule has 2 aliphatic rings. The monoisotopic (exact) mass is 256 g/mol. The van der Waals surface area contributed by atoms with E-state index in [-0.39, 0.29) is 12.8 Å². The fourth-order valence-electron chi connectivity index (χ4n) is 1.04. The molecule has 0 unspecified atom stereocenters. The minimum atomic E-state index is 0. The van der Waals surface area contributed by atoms with Gasteiger partial charge in [-0.1, -0.05) is 24.3 Å². The second-order valence-corrected chi connectivity index (χ2v) is 3.73. The predicted molar refractivity (Wildman–Crippen MR) is 78.6 cm³/mol. The van der Waals surface area contributed by atoms with E-state index in [9.17, 15) is 0 Å². The van der Waals surface area contributed by atoms with E-state index in [1.54, 1.807) is 0 Å². The summed E-state index contributed by atoms with van der Waals surface area (Å²) in [6.45, 7) is 2.41. The predicted octanol–water partition coefficient (Wildman–Crippen LogP) is 0.840. The third-order valence-electron chi connectivity index (χ3n) is 2.24. The summed E-state index contributed by atoms with van der Waals surface area (Å²) in [4.78, 5) is 0. The Morgan fingerprint density at radius 1 is 0.722 bits per heavy atom. The van der Waals surface area contributed by atoms with Crippen molar-refractivity contribution in [3.05, 3.63) is 24.3 Å². The van der Waals surface area contributed by atoms with Crippen molar-refractivity contribution in [1.82, 2.24) is 6.15 Å². The Morgan fingerprint density at radius 3 is 1.17 bits per heavy atom. The molecule has 0 aromatic carbocycles. The van der Waals surface area contributed by atoms with E-state index in [1.165, 1.54) is 11.1 Å². The van der Waals surface area contributed by atoms with Crippen LogP contribution in [-0.2, 0) is 0 Å². The van der Waals surface area contributed by atoms with Gasteiger partial charge in [-0.05, 0) is 50.0 Å². The average molecular weight is 256 g/mol. The first-order valence-corrected chi connectivity index (χ1v) is 6.11. The van der Waals surface area contributed by atoms with Gasteiger partial charge in [-0.25, -0.2) is 0 Å². The van der Waals surface area contributed by atoms with E-state index in [0.29, 0.717) is 6.54 Å². The van der Waals surface area contributed by atoms with E-state index in [0.717, 1.165) is 32.4 Å². The summed E-state index contributed by atoms with van der Waals surface area (Å²) in [6.07, 6.45) is 2.73. The molecule has 18 heavy (non-hydrogen) atoms.